The molecule has 6 nitrogen and oxygen atoms in total. The molecule has 0 aliphatic heterocycles. The molecule has 0 aromatic carbocycles. The van der Waals surface area contributed by atoms with Crippen LogP contribution in [0.2, 0.25) is 0 Å². The quantitative estimate of drug-likeness (QED) is 0.0347. The maximum atomic E-state index is 12.8. The van der Waals surface area contributed by atoms with Crippen LogP contribution in [0.1, 0.15) is 278 Å². The average molecular weight is 793 g/mol. The number of hydrogen-bond acceptors (Lipinski definition) is 6. The Morgan fingerprint density at radius 2 is 0.625 bits per heavy atom. The highest BCUT2D eigenvalue weighted by atomic mass is 16.6. The minimum Gasteiger partial charge on any atom is -0.462 e. The van der Waals surface area contributed by atoms with E-state index >= 15 is 0 Å². The Hall–Kier alpha value is -1.59. The Balaban J connectivity index is 4.33. The zero-order chi connectivity index (χ0) is 41.0. The summed E-state index contributed by atoms with van der Waals surface area (Å²) < 4.78 is 16.8. The Kier molecular flexibility index (Phi) is 43.2. The van der Waals surface area contributed by atoms with E-state index < -0.39 is 6.10 Å². The van der Waals surface area contributed by atoms with Gasteiger partial charge in [0, 0.05) is 19.3 Å². The molecule has 0 aromatic rings. The molecule has 0 rings (SSSR count). The maximum Gasteiger partial charge on any atom is 0.306 e. The van der Waals surface area contributed by atoms with Crippen molar-refractivity contribution in [2.75, 3.05) is 13.2 Å². The van der Waals surface area contributed by atoms with Gasteiger partial charge in [-0.2, -0.15) is 0 Å². The van der Waals surface area contributed by atoms with Crippen LogP contribution in [0.3, 0.4) is 0 Å². The topological polar surface area (TPSA) is 78.9 Å². The van der Waals surface area contributed by atoms with Crippen molar-refractivity contribution < 1.29 is 28.6 Å². The lowest BCUT2D eigenvalue weighted by Gasteiger charge is -2.18. The van der Waals surface area contributed by atoms with Crippen LogP contribution in [0, 0.1) is 5.92 Å². The summed E-state index contributed by atoms with van der Waals surface area (Å²) >= 11 is 0. The number of unbranched alkanes of at least 4 members (excludes halogenated alkanes) is 31. The summed E-state index contributed by atoms with van der Waals surface area (Å²) in [6.45, 7) is 9.02. The van der Waals surface area contributed by atoms with Crippen molar-refractivity contribution in [1.29, 1.82) is 0 Å². The lowest BCUT2D eigenvalue weighted by atomic mass is 9.99. The zero-order valence-electron chi connectivity index (χ0n) is 38.1. The summed E-state index contributed by atoms with van der Waals surface area (Å²) in [7, 11) is 0. The van der Waals surface area contributed by atoms with E-state index in [1.165, 1.54) is 173 Å². The Morgan fingerprint density at radius 3 is 0.929 bits per heavy atom. The Morgan fingerprint density at radius 1 is 0.357 bits per heavy atom. The molecule has 2 atom stereocenters. The van der Waals surface area contributed by atoms with Crippen LogP contribution >= 0.6 is 0 Å². The first kappa shape index (κ1) is 54.4. The lowest BCUT2D eigenvalue weighted by Crippen LogP contribution is -2.30. The van der Waals surface area contributed by atoms with E-state index in [1.807, 2.05) is 0 Å². The van der Waals surface area contributed by atoms with Gasteiger partial charge in [0.25, 0.3) is 0 Å². The second kappa shape index (κ2) is 44.5. The van der Waals surface area contributed by atoms with Crippen molar-refractivity contribution in [1.82, 2.24) is 0 Å². The van der Waals surface area contributed by atoms with Gasteiger partial charge >= 0.3 is 17.9 Å². The molecule has 0 heterocycles. The summed E-state index contributed by atoms with van der Waals surface area (Å²) in [5, 5.41) is 0. The fourth-order valence-corrected chi connectivity index (χ4v) is 7.48. The second-order valence-electron chi connectivity index (χ2n) is 17.3. The molecular weight excluding hydrogens is 697 g/mol. The molecule has 0 bridgehead atoms. The molecule has 0 aliphatic rings. The van der Waals surface area contributed by atoms with Gasteiger partial charge in [-0.1, -0.05) is 240 Å². The molecule has 0 aromatic heterocycles. The predicted molar refractivity (Wildman–Crippen MR) is 238 cm³/mol. The second-order valence-corrected chi connectivity index (χ2v) is 17.3. The number of carbonyl (C=O) groups is 3. The maximum absolute atomic E-state index is 12.8. The summed E-state index contributed by atoms with van der Waals surface area (Å²) in [6.07, 6.45) is 45.0. The Bertz CT molecular complexity index is 843. The largest absolute Gasteiger partial charge is 0.462 e. The van der Waals surface area contributed by atoms with Crippen LogP contribution in [-0.4, -0.2) is 37.2 Å². The van der Waals surface area contributed by atoms with Crippen molar-refractivity contribution in [3.8, 4) is 0 Å². The van der Waals surface area contributed by atoms with Gasteiger partial charge in [-0.05, 0) is 25.2 Å². The fourth-order valence-electron chi connectivity index (χ4n) is 7.48. The number of hydrogen-bond donors (Lipinski definition) is 0. The minimum absolute atomic E-state index is 0.0633. The van der Waals surface area contributed by atoms with E-state index in [1.54, 1.807) is 0 Å². The number of esters is 3. The van der Waals surface area contributed by atoms with E-state index in [0.717, 1.165) is 63.7 Å². The Labute approximate surface area is 348 Å². The number of carbonyl (C=O) groups excluding carboxylic acids is 3. The normalized spacial score (nSPS) is 12.4. The molecule has 1 unspecified atom stereocenters. The van der Waals surface area contributed by atoms with Crippen molar-refractivity contribution in [2.45, 2.75) is 284 Å². The number of rotatable bonds is 45. The van der Waals surface area contributed by atoms with Crippen LogP contribution in [0.25, 0.3) is 0 Å². The molecule has 6 heteroatoms. The molecule has 0 fully saturated rings. The molecule has 0 amide bonds. The molecule has 0 aliphatic carbocycles. The van der Waals surface area contributed by atoms with Gasteiger partial charge in [-0.15, -0.1) is 0 Å². The number of ether oxygens (including phenoxy) is 3. The van der Waals surface area contributed by atoms with Gasteiger partial charge in [-0.3, -0.25) is 14.4 Å². The van der Waals surface area contributed by atoms with E-state index in [0.29, 0.717) is 19.3 Å². The molecule has 0 saturated carbocycles. The molecule has 0 saturated heterocycles. The molecule has 0 spiro atoms. The van der Waals surface area contributed by atoms with Gasteiger partial charge in [-0.25, -0.2) is 0 Å². The predicted octanol–water partition coefficient (Wildman–Crippen LogP) is 15.9. The van der Waals surface area contributed by atoms with Crippen molar-refractivity contribution in [3.63, 3.8) is 0 Å². The van der Waals surface area contributed by atoms with E-state index in [-0.39, 0.29) is 31.1 Å². The van der Waals surface area contributed by atoms with Gasteiger partial charge in [0.05, 0.1) is 0 Å². The zero-order valence-corrected chi connectivity index (χ0v) is 38.1. The average Bonchev–Trinajstić information content (AvgIpc) is 3.19. The van der Waals surface area contributed by atoms with Gasteiger partial charge in [0.1, 0.15) is 13.2 Å². The van der Waals surface area contributed by atoms with E-state index in [4.69, 9.17) is 14.2 Å². The van der Waals surface area contributed by atoms with Gasteiger partial charge in [0.15, 0.2) is 6.10 Å². The van der Waals surface area contributed by atoms with Crippen LogP contribution < -0.4 is 0 Å². The fraction of sp³-hybridized carbons (Fsp3) is 0.940. The van der Waals surface area contributed by atoms with E-state index in [2.05, 4.69) is 27.7 Å². The molecule has 0 N–H and O–H groups in total. The monoisotopic (exact) mass is 793 g/mol. The molecular formula is C50H96O6. The van der Waals surface area contributed by atoms with Crippen LogP contribution in [0.15, 0.2) is 0 Å². The highest BCUT2D eigenvalue weighted by Crippen LogP contribution is 2.17. The molecule has 0 radical (unpaired) electrons. The third kappa shape index (κ3) is 42.0. The minimum atomic E-state index is -0.760. The summed E-state index contributed by atoms with van der Waals surface area (Å²) in [4.78, 5) is 37.8. The van der Waals surface area contributed by atoms with E-state index in [9.17, 15) is 14.4 Å². The van der Waals surface area contributed by atoms with Crippen LogP contribution in [0.5, 0.6) is 0 Å². The van der Waals surface area contributed by atoms with Gasteiger partial charge in [0.2, 0.25) is 0 Å². The first-order valence-corrected chi connectivity index (χ1v) is 24.9. The van der Waals surface area contributed by atoms with Gasteiger partial charge < -0.3 is 14.2 Å². The van der Waals surface area contributed by atoms with Crippen molar-refractivity contribution in [3.05, 3.63) is 0 Å². The summed E-state index contributed by atoms with van der Waals surface area (Å²) in [5.41, 5.74) is 0. The smallest absolute Gasteiger partial charge is 0.306 e. The third-order valence-corrected chi connectivity index (χ3v) is 11.7. The van der Waals surface area contributed by atoms with Crippen LogP contribution in [0.4, 0.5) is 0 Å². The third-order valence-electron chi connectivity index (χ3n) is 11.7. The highest BCUT2D eigenvalue weighted by Gasteiger charge is 2.19. The summed E-state index contributed by atoms with van der Waals surface area (Å²) in [6, 6.07) is 0. The first-order valence-electron chi connectivity index (χ1n) is 24.9. The van der Waals surface area contributed by atoms with Crippen LogP contribution in [-0.2, 0) is 28.6 Å². The SMILES string of the molecule is CCCCCCCCCCCCCCCCC(=O)O[C@@H](COC(=O)CCCCCCCCCCCCCC)COC(=O)CCCCCCCCCCC(C)CC. The standard InChI is InChI=1S/C50H96O6/c1-5-8-10-12-14-16-18-20-21-23-25-31-35-39-43-50(53)56-47(44-54-48(51)41-37-33-29-24-22-19-17-15-13-11-9-6-2)45-55-49(52)42-38-34-30-27-26-28-32-36-40-46(4)7-3/h46-47H,5-45H2,1-4H3/t46?,47-/m0/s1. The molecule has 332 valence electrons. The highest BCUT2D eigenvalue weighted by molar-refractivity contribution is 5.71. The molecule has 56 heavy (non-hydrogen) atoms. The lowest BCUT2D eigenvalue weighted by molar-refractivity contribution is -0.167. The first-order chi connectivity index (χ1) is 27.4. The van der Waals surface area contributed by atoms with Crippen molar-refractivity contribution in [2.24, 2.45) is 5.92 Å². The summed E-state index contributed by atoms with van der Waals surface area (Å²) in [5.74, 6) is -0.000448. The van der Waals surface area contributed by atoms with Crippen molar-refractivity contribution >= 4 is 17.9 Å².